The Labute approximate surface area is 295 Å². The first-order valence-corrected chi connectivity index (χ1v) is 15.8. The molecule has 0 unspecified atom stereocenters. The fraction of sp³-hybridized carbons (Fsp3) is 0.211. The normalized spacial score (nSPS) is 10.5. The van der Waals surface area contributed by atoms with E-state index in [0.29, 0.717) is 40.0 Å². The number of nitrogens with one attached hydrogen (secondary N) is 2. The molecular formula is C38H38N8O5. The lowest BCUT2D eigenvalue weighted by Gasteiger charge is -2.14. The van der Waals surface area contributed by atoms with Crippen molar-refractivity contribution in [1.82, 2.24) is 20.3 Å². The minimum absolute atomic E-state index is 0.423. The van der Waals surface area contributed by atoms with Crippen molar-refractivity contribution < 1.29 is 23.3 Å². The molecule has 13 heteroatoms. The number of nitrogens with zero attached hydrogens (tertiary/aromatic N) is 5. The Bertz CT molecular complexity index is 2230. The lowest BCUT2D eigenvalue weighted by Crippen LogP contribution is -2.11. The number of nitriles is 1. The van der Waals surface area contributed by atoms with E-state index in [1.54, 1.807) is 50.9 Å². The second-order valence-electron chi connectivity index (χ2n) is 11.7. The molecule has 4 heterocycles. The Balaban J connectivity index is 0.000000198. The van der Waals surface area contributed by atoms with E-state index in [4.69, 9.17) is 29.5 Å². The summed E-state index contributed by atoms with van der Waals surface area (Å²) in [6, 6.07) is 16.7. The van der Waals surface area contributed by atoms with Crippen molar-refractivity contribution in [3.63, 3.8) is 0 Å². The van der Waals surface area contributed by atoms with Crippen molar-refractivity contribution in [2.24, 2.45) is 5.73 Å². The number of hydrogen-bond donors (Lipinski definition) is 3. The number of carbonyl (C=O) groups is 1. The van der Waals surface area contributed by atoms with Gasteiger partial charge in [0.25, 0.3) is 0 Å². The van der Waals surface area contributed by atoms with Gasteiger partial charge in [0.15, 0.2) is 0 Å². The number of carbonyl (C=O) groups excluding carboxylic acids is 1. The summed E-state index contributed by atoms with van der Waals surface area (Å²) in [6.07, 6.45) is 3.44. The minimum Gasteiger partial charge on any atom is -0.480 e. The van der Waals surface area contributed by atoms with Gasteiger partial charge >= 0.3 is 0 Å². The summed E-state index contributed by atoms with van der Waals surface area (Å²) < 4.78 is 21.2. The molecule has 0 saturated carbocycles. The molecule has 0 saturated heterocycles. The molecule has 0 bridgehead atoms. The van der Waals surface area contributed by atoms with Crippen LogP contribution >= 0.6 is 0 Å². The summed E-state index contributed by atoms with van der Waals surface area (Å²) >= 11 is 0. The SMILES string of the molecule is COc1ncc(-c2c(C)noc2C)cc1Nc1cc(C#N)ccc1C.COc1ncc(-c2c(C)noc2C)cc1Nc1cc(C(N)=O)ccc1C. The maximum atomic E-state index is 11.5. The minimum atomic E-state index is -0.484. The molecule has 4 aromatic heterocycles. The van der Waals surface area contributed by atoms with Crippen molar-refractivity contribution in [3.05, 3.63) is 106 Å². The van der Waals surface area contributed by atoms with Crippen molar-refractivity contribution >= 4 is 28.7 Å². The number of nitrogens with two attached hydrogens (primary N) is 1. The largest absolute Gasteiger partial charge is 0.480 e. The van der Waals surface area contributed by atoms with Crippen LogP contribution in [0.3, 0.4) is 0 Å². The molecule has 6 rings (SSSR count). The standard InChI is InChI=1S/C19H20N4O3.C19H18N4O2/c1-10-5-6-13(18(20)24)7-15(10)22-16-8-14(9-21-19(16)25-4)17-11(2)23-26-12(17)3;1-11-5-6-14(9-20)7-16(11)22-17-8-15(10-21-19(17)24-4)18-12(2)23-25-13(18)3/h5-9,22H,1-4H3,(H2,20,24);5-8,10,22H,1-4H3. The maximum absolute atomic E-state index is 11.5. The Morgan fingerprint density at radius 2 is 1.18 bits per heavy atom. The van der Waals surface area contributed by atoms with Gasteiger partial charge in [0.05, 0.1) is 37.2 Å². The van der Waals surface area contributed by atoms with Crippen LogP contribution in [0.25, 0.3) is 22.3 Å². The Morgan fingerprint density at radius 1 is 0.706 bits per heavy atom. The van der Waals surface area contributed by atoms with Crippen LogP contribution in [0, 0.1) is 52.9 Å². The lowest BCUT2D eigenvalue weighted by molar-refractivity contribution is 0.100. The van der Waals surface area contributed by atoms with E-state index in [9.17, 15) is 4.79 Å². The Morgan fingerprint density at radius 3 is 1.59 bits per heavy atom. The zero-order valence-corrected chi connectivity index (χ0v) is 29.6. The number of hydrogen-bond acceptors (Lipinski definition) is 12. The van der Waals surface area contributed by atoms with E-state index in [1.165, 1.54) is 0 Å². The van der Waals surface area contributed by atoms with Crippen molar-refractivity contribution in [2.75, 3.05) is 24.9 Å². The number of ether oxygens (including phenoxy) is 2. The molecular weight excluding hydrogens is 648 g/mol. The van der Waals surface area contributed by atoms with Gasteiger partial charge in [-0.1, -0.05) is 22.4 Å². The average molecular weight is 687 g/mol. The molecule has 2 aromatic carbocycles. The van der Waals surface area contributed by atoms with Crippen molar-refractivity contribution in [3.8, 4) is 40.1 Å². The predicted octanol–water partition coefficient (Wildman–Crippen LogP) is 7.80. The third-order valence-electron chi connectivity index (χ3n) is 8.16. The monoisotopic (exact) mass is 686 g/mol. The van der Waals surface area contributed by atoms with Crippen LogP contribution in [0.5, 0.6) is 11.8 Å². The topological polar surface area (TPSA) is 187 Å². The quantitative estimate of drug-likeness (QED) is 0.134. The fourth-order valence-electron chi connectivity index (χ4n) is 5.50. The molecule has 0 radical (unpaired) electrons. The highest BCUT2D eigenvalue weighted by molar-refractivity contribution is 5.94. The highest BCUT2D eigenvalue weighted by Crippen LogP contribution is 2.36. The molecule has 0 aliphatic heterocycles. The van der Waals surface area contributed by atoms with Crippen LogP contribution in [0.15, 0.2) is 70.0 Å². The van der Waals surface area contributed by atoms with Crippen LogP contribution in [0.2, 0.25) is 0 Å². The first-order chi connectivity index (χ1) is 24.4. The van der Waals surface area contributed by atoms with Gasteiger partial charge in [-0.3, -0.25) is 4.79 Å². The van der Waals surface area contributed by atoms with Gasteiger partial charge in [-0.15, -0.1) is 0 Å². The van der Waals surface area contributed by atoms with Gasteiger partial charge in [0.2, 0.25) is 17.7 Å². The summed E-state index contributed by atoms with van der Waals surface area (Å²) in [7, 11) is 3.12. The second-order valence-corrected chi connectivity index (χ2v) is 11.7. The van der Waals surface area contributed by atoms with E-state index in [2.05, 4.69) is 37.0 Å². The molecule has 6 aromatic rings. The summed E-state index contributed by atoms with van der Waals surface area (Å²) in [4.78, 5) is 20.2. The van der Waals surface area contributed by atoms with Gasteiger partial charge in [-0.2, -0.15) is 5.26 Å². The van der Waals surface area contributed by atoms with E-state index in [-0.39, 0.29) is 0 Å². The summed E-state index contributed by atoms with van der Waals surface area (Å²) in [5, 5.41) is 23.7. The summed E-state index contributed by atoms with van der Waals surface area (Å²) in [5.41, 5.74) is 16.4. The van der Waals surface area contributed by atoms with Gasteiger partial charge < -0.3 is 34.9 Å². The summed E-state index contributed by atoms with van der Waals surface area (Å²) in [6.45, 7) is 11.4. The van der Waals surface area contributed by atoms with Crippen LogP contribution in [0.4, 0.5) is 22.7 Å². The lowest BCUT2D eigenvalue weighted by atomic mass is 10.1. The van der Waals surface area contributed by atoms with E-state index in [1.807, 2.05) is 65.8 Å². The van der Waals surface area contributed by atoms with E-state index < -0.39 is 5.91 Å². The molecule has 13 nitrogen and oxygen atoms in total. The fourth-order valence-corrected chi connectivity index (χ4v) is 5.50. The third kappa shape index (κ3) is 7.81. The van der Waals surface area contributed by atoms with Crippen molar-refractivity contribution in [2.45, 2.75) is 41.5 Å². The van der Waals surface area contributed by atoms with Crippen LogP contribution < -0.4 is 25.8 Å². The summed E-state index contributed by atoms with van der Waals surface area (Å²) in [5.74, 6) is 1.87. The smallest absolute Gasteiger partial charge is 0.248 e. The number of amides is 1. The zero-order valence-electron chi connectivity index (χ0n) is 29.6. The number of aryl methyl sites for hydroxylation is 6. The number of pyridine rings is 2. The zero-order chi connectivity index (χ0) is 36.8. The van der Waals surface area contributed by atoms with Crippen LogP contribution in [-0.2, 0) is 0 Å². The van der Waals surface area contributed by atoms with Gasteiger partial charge in [-0.25, -0.2) is 9.97 Å². The van der Waals surface area contributed by atoms with Gasteiger partial charge in [0, 0.05) is 51.6 Å². The van der Waals surface area contributed by atoms with Crippen LogP contribution in [0.1, 0.15) is 50.0 Å². The first-order valence-electron chi connectivity index (χ1n) is 15.8. The number of benzene rings is 2. The van der Waals surface area contributed by atoms with Crippen LogP contribution in [-0.4, -0.2) is 40.4 Å². The number of rotatable bonds is 9. The molecule has 260 valence electrons. The average Bonchev–Trinajstić information content (AvgIpc) is 3.64. The number of primary amides is 1. The Hall–Kier alpha value is -6.68. The van der Waals surface area contributed by atoms with Gasteiger partial charge in [0.1, 0.15) is 22.9 Å². The number of anilines is 4. The van der Waals surface area contributed by atoms with E-state index >= 15 is 0 Å². The first kappa shape index (κ1) is 35.6. The number of aromatic nitrogens is 4. The molecule has 0 aliphatic rings. The highest BCUT2D eigenvalue weighted by Gasteiger charge is 2.17. The molecule has 1 amide bonds. The third-order valence-corrected chi connectivity index (χ3v) is 8.16. The van der Waals surface area contributed by atoms with Gasteiger partial charge in [-0.05, 0) is 89.1 Å². The Kier molecular flexibility index (Phi) is 10.7. The predicted molar refractivity (Wildman–Crippen MR) is 194 cm³/mol. The number of methoxy groups -OCH3 is 2. The molecule has 4 N–H and O–H groups in total. The molecule has 0 fully saturated rings. The molecule has 51 heavy (non-hydrogen) atoms. The molecule has 0 atom stereocenters. The van der Waals surface area contributed by atoms with E-state index in [0.717, 1.165) is 61.9 Å². The molecule has 0 spiro atoms. The highest BCUT2D eigenvalue weighted by atomic mass is 16.5. The second kappa shape index (κ2) is 15.3. The maximum Gasteiger partial charge on any atom is 0.248 e. The molecule has 0 aliphatic carbocycles. The van der Waals surface area contributed by atoms with Crippen molar-refractivity contribution in [1.29, 1.82) is 5.26 Å².